The van der Waals surface area contributed by atoms with Crippen molar-refractivity contribution in [3.63, 3.8) is 0 Å². The van der Waals surface area contributed by atoms with Crippen molar-refractivity contribution >= 4 is 44.0 Å². The van der Waals surface area contributed by atoms with E-state index >= 15 is 0 Å². The molecule has 0 aliphatic carbocycles. The van der Waals surface area contributed by atoms with Crippen molar-refractivity contribution < 1.29 is 17.9 Å². The summed E-state index contributed by atoms with van der Waals surface area (Å²) in [7, 11) is -2.10. The third-order valence-electron chi connectivity index (χ3n) is 5.12. The monoisotopic (exact) mass is 492 g/mol. The van der Waals surface area contributed by atoms with Gasteiger partial charge < -0.3 is 4.74 Å². The van der Waals surface area contributed by atoms with Crippen LogP contribution in [-0.4, -0.2) is 49.0 Å². The van der Waals surface area contributed by atoms with E-state index in [-0.39, 0.29) is 20.6 Å². The highest BCUT2D eigenvalue weighted by Crippen LogP contribution is 2.29. The van der Waals surface area contributed by atoms with E-state index in [1.54, 1.807) is 7.11 Å². The molecule has 0 unspecified atom stereocenters. The van der Waals surface area contributed by atoms with Gasteiger partial charge in [0.15, 0.2) is 0 Å². The summed E-state index contributed by atoms with van der Waals surface area (Å²) in [4.78, 5) is 12.9. The molecule has 0 radical (unpaired) electrons. The predicted octanol–water partition coefficient (Wildman–Crippen LogP) is 4.29. The van der Waals surface area contributed by atoms with Gasteiger partial charge >= 0.3 is 0 Å². The minimum absolute atomic E-state index is 0.0464. The molecule has 1 aromatic heterocycles. The second kappa shape index (κ2) is 9.53. The number of carbonyl (C=O) groups is 1. The Balaban J connectivity index is 1.53. The van der Waals surface area contributed by atoms with Gasteiger partial charge in [0.05, 0.1) is 22.6 Å². The number of hydrogen-bond acceptors (Lipinski definition) is 7. The van der Waals surface area contributed by atoms with Gasteiger partial charge in [0.25, 0.3) is 5.91 Å². The molecule has 0 atom stereocenters. The molecule has 0 spiro atoms. The van der Waals surface area contributed by atoms with Gasteiger partial charge in [0.1, 0.15) is 10.8 Å². The zero-order chi connectivity index (χ0) is 22.7. The van der Waals surface area contributed by atoms with Crippen LogP contribution in [0.5, 0.6) is 5.75 Å². The third-order valence-corrected chi connectivity index (χ3v) is 8.23. The van der Waals surface area contributed by atoms with Crippen LogP contribution in [0.3, 0.4) is 0 Å². The molecule has 0 saturated carbocycles. The van der Waals surface area contributed by atoms with Crippen molar-refractivity contribution in [3.05, 3.63) is 53.1 Å². The molecule has 32 heavy (non-hydrogen) atoms. The standard InChI is InChI=1S/C21H21ClN4O4S2/c1-30-15-7-5-14(6-8-15)20-24-25-21(31-20)23-19(27)17-13-16(9-10-18(17)22)32(28,29)26-11-3-2-4-12-26/h5-10,13H,2-4,11-12H2,1H3,(H,23,25,27). The van der Waals surface area contributed by atoms with Crippen molar-refractivity contribution in [2.24, 2.45) is 0 Å². The average molecular weight is 493 g/mol. The average Bonchev–Trinajstić information content (AvgIpc) is 3.28. The molecular weight excluding hydrogens is 472 g/mol. The maximum atomic E-state index is 13.0. The lowest BCUT2D eigenvalue weighted by molar-refractivity contribution is 0.102. The summed E-state index contributed by atoms with van der Waals surface area (Å²) in [6.07, 6.45) is 2.67. The molecule has 2 heterocycles. The normalized spacial score (nSPS) is 14.8. The number of piperidine rings is 1. The molecule has 168 valence electrons. The van der Waals surface area contributed by atoms with Gasteiger partial charge in [-0.1, -0.05) is 29.4 Å². The predicted molar refractivity (Wildman–Crippen MR) is 124 cm³/mol. The second-order valence-corrected chi connectivity index (χ2v) is 10.5. The Morgan fingerprint density at radius 1 is 1.09 bits per heavy atom. The lowest BCUT2D eigenvalue weighted by Gasteiger charge is -2.26. The number of sulfonamides is 1. The van der Waals surface area contributed by atoms with E-state index in [2.05, 4.69) is 15.5 Å². The van der Waals surface area contributed by atoms with E-state index in [0.29, 0.717) is 18.1 Å². The van der Waals surface area contributed by atoms with Crippen molar-refractivity contribution in [1.29, 1.82) is 0 Å². The van der Waals surface area contributed by atoms with Crippen molar-refractivity contribution in [2.45, 2.75) is 24.2 Å². The Morgan fingerprint density at radius 2 is 1.81 bits per heavy atom. The van der Waals surface area contributed by atoms with Crippen molar-refractivity contribution in [3.8, 4) is 16.3 Å². The topological polar surface area (TPSA) is 101 Å². The first kappa shape index (κ1) is 22.7. The first-order valence-corrected chi connectivity index (χ1v) is 12.6. The fourth-order valence-corrected chi connectivity index (χ4v) is 5.87. The number of anilines is 1. The first-order chi connectivity index (χ1) is 15.4. The van der Waals surface area contributed by atoms with E-state index in [1.165, 1.54) is 33.8 Å². The lowest BCUT2D eigenvalue weighted by Crippen LogP contribution is -2.35. The molecule has 3 aromatic rings. The maximum Gasteiger partial charge on any atom is 0.259 e. The van der Waals surface area contributed by atoms with Gasteiger partial charge in [-0.25, -0.2) is 8.42 Å². The van der Waals surface area contributed by atoms with Crippen LogP contribution < -0.4 is 10.1 Å². The van der Waals surface area contributed by atoms with E-state index in [4.69, 9.17) is 16.3 Å². The zero-order valence-electron chi connectivity index (χ0n) is 17.2. The van der Waals surface area contributed by atoms with Gasteiger partial charge in [-0.15, -0.1) is 10.2 Å². The molecule has 4 rings (SSSR count). The Labute approximate surface area is 195 Å². The van der Waals surface area contributed by atoms with Gasteiger partial charge in [0, 0.05) is 18.7 Å². The molecule has 1 fully saturated rings. The number of rotatable bonds is 6. The molecule has 0 bridgehead atoms. The summed E-state index contributed by atoms with van der Waals surface area (Å²) < 4.78 is 32.5. The van der Waals surface area contributed by atoms with Crippen LogP contribution in [0.2, 0.25) is 5.02 Å². The Hall–Kier alpha value is -2.53. The summed E-state index contributed by atoms with van der Waals surface area (Å²) in [5.41, 5.74) is 0.891. The number of benzene rings is 2. The van der Waals surface area contributed by atoms with Crippen LogP contribution in [0.1, 0.15) is 29.6 Å². The second-order valence-electron chi connectivity index (χ2n) is 7.20. The summed E-state index contributed by atoms with van der Waals surface area (Å²) in [6, 6.07) is 11.5. The minimum atomic E-state index is -3.69. The highest BCUT2D eigenvalue weighted by molar-refractivity contribution is 7.89. The molecule has 11 heteroatoms. The highest BCUT2D eigenvalue weighted by Gasteiger charge is 2.27. The Bertz CT molecular complexity index is 1220. The fourth-order valence-electron chi connectivity index (χ4n) is 3.38. The summed E-state index contributed by atoms with van der Waals surface area (Å²) in [6.45, 7) is 0.955. The molecule has 1 saturated heterocycles. The number of hydrogen-bond donors (Lipinski definition) is 1. The van der Waals surface area contributed by atoms with Crippen LogP contribution in [0.15, 0.2) is 47.4 Å². The third kappa shape index (κ3) is 4.78. The van der Waals surface area contributed by atoms with Gasteiger partial charge in [-0.05, 0) is 55.3 Å². The van der Waals surface area contributed by atoms with Crippen molar-refractivity contribution in [2.75, 3.05) is 25.5 Å². The highest BCUT2D eigenvalue weighted by atomic mass is 35.5. The first-order valence-electron chi connectivity index (χ1n) is 9.97. The molecular formula is C21H21ClN4O4S2. The van der Waals surface area contributed by atoms with Crippen LogP contribution in [0.25, 0.3) is 10.6 Å². The molecule has 2 aromatic carbocycles. The number of halogens is 1. The number of ether oxygens (including phenoxy) is 1. The molecule has 8 nitrogen and oxygen atoms in total. The largest absolute Gasteiger partial charge is 0.497 e. The maximum absolute atomic E-state index is 13.0. The van der Waals surface area contributed by atoms with Gasteiger partial charge in [0.2, 0.25) is 15.2 Å². The van der Waals surface area contributed by atoms with Gasteiger partial charge in [-0.2, -0.15) is 4.31 Å². The van der Waals surface area contributed by atoms with E-state index < -0.39 is 15.9 Å². The molecule has 1 N–H and O–H groups in total. The molecule has 1 amide bonds. The summed E-state index contributed by atoms with van der Waals surface area (Å²) >= 11 is 7.41. The number of aromatic nitrogens is 2. The molecule has 1 aliphatic rings. The zero-order valence-corrected chi connectivity index (χ0v) is 19.6. The lowest BCUT2D eigenvalue weighted by atomic mass is 10.2. The van der Waals surface area contributed by atoms with Crippen LogP contribution in [0, 0.1) is 0 Å². The van der Waals surface area contributed by atoms with Crippen LogP contribution in [0.4, 0.5) is 5.13 Å². The number of nitrogens with one attached hydrogen (secondary N) is 1. The number of amides is 1. The smallest absolute Gasteiger partial charge is 0.259 e. The Morgan fingerprint density at radius 3 is 2.50 bits per heavy atom. The number of carbonyl (C=O) groups excluding carboxylic acids is 1. The van der Waals surface area contributed by atoms with Crippen molar-refractivity contribution in [1.82, 2.24) is 14.5 Å². The number of nitrogens with zero attached hydrogens (tertiary/aromatic N) is 3. The summed E-state index contributed by atoms with van der Waals surface area (Å²) in [5, 5.41) is 11.8. The fraction of sp³-hybridized carbons (Fsp3) is 0.286. The quantitative estimate of drug-likeness (QED) is 0.550. The van der Waals surface area contributed by atoms with Gasteiger partial charge in [-0.3, -0.25) is 10.1 Å². The van der Waals surface area contributed by atoms with E-state index in [0.717, 1.165) is 30.6 Å². The van der Waals surface area contributed by atoms with E-state index in [9.17, 15) is 13.2 Å². The summed E-state index contributed by atoms with van der Waals surface area (Å²) in [5.74, 6) is 0.170. The molecule has 1 aliphatic heterocycles. The van der Waals surface area contributed by atoms with Crippen LogP contribution in [-0.2, 0) is 10.0 Å². The van der Waals surface area contributed by atoms with Crippen LogP contribution >= 0.6 is 22.9 Å². The SMILES string of the molecule is COc1ccc(-c2nnc(NC(=O)c3cc(S(=O)(=O)N4CCCCC4)ccc3Cl)s2)cc1. The van der Waals surface area contributed by atoms with E-state index in [1.807, 2.05) is 24.3 Å². The number of methoxy groups -OCH3 is 1. The minimum Gasteiger partial charge on any atom is -0.497 e. The Kier molecular flexibility index (Phi) is 6.75.